The van der Waals surface area contributed by atoms with Crippen LogP contribution in [0.25, 0.3) is 0 Å². The van der Waals surface area contributed by atoms with E-state index in [0.29, 0.717) is 22.3 Å². The van der Waals surface area contributed by atoms with Gasteiger partial charge in [-0.2, -0.15) is 0 Å². The monoisotopic (exact) mass is 690 g/mol. The zero-order chi connectivity index (χ0) is 32.6. The van der Waals surface area contributed by atoms with Gasteiger partial charge in [-0.25, -0.2) is 0 Å². The molecule has 0 aliphatic carbocycles. The molecule has 11 heteroatoms. The Kier molecular flexibility index (Phi) is 11.6. The fraction of sp³-hybridized carbons (Fsp3) is 0.486. The molecule has 246 valence electrons. The van der Waals surface area contributed by atoms with Gasteiger partial charge in [-0.05, 0) is 0 Å². The number of rotatable bonds is 12. The van der Waals surface area contributed by atoms with Crippen LogP contribution in [-0.4, -0.2) is 91.9 Å². The fourth-order valence-corrected chi connectivity index (χ4v) is 8.25. The van der Waals surface area contributed by atoms with Crippen molar-refractivity contribution in [3.63, 3.8) is 0 Å². The molecule has 1 N–H and O–H groups in total. The number of hydrogen-bond acceptors (Lipinski definition) is 7. The summed E-state index contributed by atoms with van der Waals surface area (Å²) in [5.74, 6) is 0. The summed E-state index contributed by atoms with van der Waals surface area (Å²) in [6, 6.07) is 13.7. The molecule has 46 heavy (non-hydrogen) atoms. The normalized spacial score (nSPS) is 15.0. The molecule has 2 aromatic carbocycles. The summed E-state index contributed by atoms with van der Waals surface area (Å²) < 4.78 is 7.56. The number of anilines is 2. The first kappa shape index (κ1) is 33.7. The number of ether oxygens (including phenoxy) is 1. The number of carbonyl (C=O) groups excluding carboxylic acids is 3. The van der Waals surface area contributed by atoms with Crippen molar-refractivity contribution in [3.05, 3.63) is 70.4 Å². The number of amides is 2. The standard InChI is InChI=1S/C35H47AsN6O4/c1-5-8-9-10-22-46-35(45)42-30-24-41(34(44)37-31-25(6-2)12-11-13-26(31)7-3)23-29(30)32(38-42)36-33(43)27-14-16-28(17-15-27)40-20-18-39(4)19-21-40/h11-17,36H,5-10,18-24H2,1-4H3,(H,37,44). The number of aromatic nitrogens is 2. The number of aryl methyl sites for hydroxylation is 2. The number of para-hydroxylation sites is 1. The van der Waals surface area contributed by atoms with E-state index in [-0.39, 0.29) is 23.7 Å². The van der Waals surface area contributed by atoms with Crippen molar-refractivity contribution in [1.82, 2.24) is 19.6 Å². The van der Waals surface area contributed by atoms with Gasteiger partial charge in [0.05, 0.1) is 0 Å². The molecule has 3 aromatic rings. The first-order chi connectivity index (χ1) is 22.3. The predicted octanol–water partition coefficient (Wildman–Crippen LogP) is 4.77. The maximum atomic E-state index is 13.6. The molecule has 2 aliphatic heterocycles. The molecule has 1 saturated heterocycles. The summed E-state index contributed by atoms with van der Waals surface area (Å²) in [7, 11) is 2.13. The molecule has 1 fully saturated rings. The first-order valence-corrected chi connectivity index (χ1v) is 18.7. The quantitative estimate of drug-likeness (QED) is 0.216. The summed E-state index contributed by atoms with van der Waals surface area (Å²) in [4.78, 5) is 46.8. The van der Waals surface area contributed by atoms with Crippen LogP contribution in [0.4, 0.5) is 21.0 Å². The minimum absolute atomic E-state index is 0.0395. The second-order valence-electron chi connectivity index (χ2n) is 12.1. The van der Waals surface area contributed by atoms with Crippen molar-refractivity contribution in [2.75, 3.05) is 50.1 Å². The average molecular weight is 691 g/mol. The van der Waals surface area contributed by atoms with E-state index in [1.807, 2.05) is 42.5 Å². The molecule has 10 nitrogen and oxygen atoms in total. The first-order valence-electron chi connectivity index (χ1n) is 16.6. The van der Waals surface area contributed by atoms with Crippen molar-refractivity contribution < 1.29 is 19.1 Å². The van der Waals surface area contributed by atoms with Gasteiger partial charge in [-0.3, -0.25) is 0 Å². The van der Waals surface area contributed by atoms with E-state index in [4.69, 9.17) is 4.74 Å². The van der Waals surface area contributed by atoms with Crippen LogP contribution in [0.1, 0.15) is 79.2 Å². The number of nitrogens with one attached hydrogen (secondary N) is 1. The number of nitrogens with zero attached hydrogens (tertiary/aromatic N) is 5. The number of piperazine rings is 1. The van der Waals surface area contributed by atoms with Gasteiger partial charge in [-0.1, -0.05) is 0 Å². The Morgan fingerprint density at radius 2 is 1.59 bits per heavy atom. The van der Waals surface area contributed by atoms with Crippen LogP contribution in [0.3, 0.4) is 0 Å². The molecule has 1 atom stereocenters. The van der Waals surface area contributed by atoms with Gasteiger partial charge in [0.15, 0.2) is 0 Å². The molecule has 3 heterocycles. The van der Waals surface area contributed by atoms with Crippen LogP contribution < -0.4 is 14.7 Å². The number of carbonyl (C=O) groups is 3. The van der Waals surface area contributed by atoms with E-state index in [1.165, 1.54) is 4.68 Å². The number of urea groups is 1. The van der Waals surface area contributed by atoms with E-state index in [2.05, 4.69) is 48.0 Å². The molecule has 5 rings (SSSR count). The Labute approximate surface area is 279 Å². The molecule has 0 saturated carbocycles. The fourth-order valence-electron chi connectivity index (χ4n) is 6.04. The minimum atomic E-state index is -1.41. The van der Waals surface area contributed by atoms with Crippen molar-refractivity contribution in [3.8, 4) is 0 Å². The second-order valence-corrected chi connectivity index (χ2v) is 14.6. The average Bonchev–Trinajstić information content (AvgIpc) is 3.65. The molecule has 0 radical (unpaired) electrons. The number of likely N-dealkylation sites (N-methyl/N-ethyl adjacent to an activating group) is 1. The molecule has 2 aliphatic rings. The van der Waals surface area contributed by atoms with Crippen molar-refractivity contribution in [2.45, 2.75) is 72.4 Å². The number of unbranched alkanes of at least 4 members (excludes halogenated alkanes) is 3. The van der Waals surface area contributed by atoms with Crippen LogP contribution in [0.2, 0.25) is 0 Å². The molecule has 0 spiro atoms. The molecule has 0 bridgehead atoms. The number of hydrogen-bond donors (Lipinski definition) is 1. The molecular formula is C35H47AsN6O4. The summed E-state index contributed by atoms with van der Waals surface area (Å²) in [6.07, 6.45) is 5.02. The Hall–Kier alpha value is -3.62. The van der Waals surface area contributed by atoms with Gasteiger partial charge in [-0.15, -0.1) is 0 Å². The summed E-state index contributed by atoms with van der Waals surface area (Å²) >= 11 is -1.41. The summed E-state index contributed by atoms with van der Waals surface area (Å²) in [5, 5.41) is 7.80. The van der Waals surface area contributed by atoms with E-state index in [0.717, 1.165) is 92.8 Å². The predicted molar refractivity (Wildman–Crippen MR) is 184 cm³/mol. The Bertz CT molecular complexity index is 1510. The van der Waals surface area contributed by atoms with E-state index < -0.39 is 21.8 Å². The summed E-state index contributed by atoms with van der Waals surface area (Å²) in [6.45, 7) is 11.1. The zero-order valence-electron chi connectivity index (χ0n) is 27.6. The molecule has 1 unspecified atom stereocenters. The van der Waals surface area contributed by atoms with Crippen molar-refractivity contribution >= 4 is 48.3 Å². The van der Waals surface area contributed by atoms with Gasteiger partial charge in [0.25, 0.3) is 0 Å². The Morgan fingerprint density at radius 1 is 0.891 bits per heavy atom. The third kappa shape index (κ3) is 7.84. The van der Waals surface area contributed by atoms with Gasteiger partial charge in [0.2, 0.25) is 0 Å². The number of benzene rings is 2. The van der Waals surface area contributed by atoms with E-state index in [1.54, 1.807) is 4.90 Å². The van der Waals surface area contributed by atoms with Gasteiger partial charge in [0.1, 0.15) is 0 Å². The third-order valence-electron chi connectivity index (χ3n) is 8.92. The SMILES string of the molecule is CCCCCCOC(=O)n1nc([AsH]C(=O)c2ccc(N3CCN(C)CC3)cc2)c2c1CN(C(=O)Nc1c(CC)cccc1CC)C2. The Morgan fingerprint density at radius 3 is 2.24 bits per heavy atom. The van der Waals surface area contributed by atoms with Gasteiger partial charge >= 0.3 is 280 Å². The van der Waals surface area contributed by atoms with Crippen molar-refractivity contribution in [1.29, 1.82) is 0 Å². The molecule has 2 amide bonds. The van der Waals surface area contributed by atoms with E-state index in [9.17, 15) is 14.4 Å². The topological polar surface area (TPSA) is 100 Å². The maximum absolute atomic E-state index is 13.6. The van der Waals surface area contributed by atoms with Crippen molar-refractivity contribution in [2.24, 2.45) is 0 Å². The van der Waals surface area contributed by atoms with Gasteiger partial charge in [0, 0.05) is 0 Å². The van der Waals surface area contributed by atoms with Crippen LogP contribution in [0.5, 0.6) is 0 Å². The van der Waals surface area contributed by atoms with Crippen LogP contribution in [-0.2, 0) is 30.7 Å². The summed E-state index contributed by atoms with van der Waals surface area (Å²) in [5.41, 5.74) is 6.21. The number of fused-ring (bicyclic) bond motifs is 1. The second kappa shape index (κ2) is 15.8. The van der Waals surface area contributed by atoms with Crippen LogP contribution >= 0.6 is 0 Å². The van der Waals surface area contributed by atoms with Crippen LogP contribution in [0.15, 0.2) is 42.5 Å². The molecular weight excluding hydrogens is 643 g/mol. The zero-order valence-corrected chi connectivity index (χ0v) is 29.7. The van der Waals surface area contributed by atoms with E-state index >= 15 is 0 Å². The van der Waals surface area contributed by atoms with Crippen LogP contribution in [0, 0.1) is 0 Å². The Balaban J connectivity index is 1.33. The third-order valence-corrected chi connectivity index (χ3v) is 11.3. The molecule has 1 aromatic heterocycles. The van der Waals surface area contributed by atoms with Gasteiger partial charge < -0.3 is 0 Å².